The van der Waals surface area contributed by atoms with Gasteiger partial charge in [0.25, 0.3) is 0 Å². The van der Waals surface area contributed by atoms with E-state index in [1.165, 1.54) is 0 Å². The standard InChI is InChI=1S/C17H21N3O4/c18-16-6-5-13(10-20-16)14(21)11-19-7-8-24-15-4-2-1-3-12(15)9-17(22)23/h1-6,10,14,19,21H,7-9,11H2,(H2,18,20)(H,22,23)/t14-/m1/s1. The average Bonchev–Trinajstić information content (AvgIpc) is 2.56. The minimum atomic E-state index is -0.899. The lowest BCUT2D eigenvalue weighted by Crippen LogP contribution is -2.26. The van der Waals surface area contributed by atoms with E-state index in [9.17, 15) is 9.90 Å². The highest BCUT2D eigenvalue weighted by Gasteiger charge is 2.09. The second-order valence-electron chi connectivity index (χ2n) is 5.26. The van der Waals surface area contributed by atoms with Crippen LogP contribution in [-0.4, -0.2) is 40.9 Å². The Bertz CT molecular complexity index is 661. The number of anilines is 1. The Morgan fingerprint density at radius 3 is 2.79 bits per heavy atom. The van der Waals surface area contributed by atoms with Gasteiger partial charge in [-0.15, -0.1) is 0 Å². The van der Waals surface area contributed by atoms with Crippen LogP contribution >= 0.6 is 0 Å². The Hall–Kier alpha value is -2.64. The number of aliphatic hydroxyl groups excluding tert-OH is 1. The van der Waals surface area contributed by atoms with E-state index in [0.717, 1.165) is 0 Å². The normalized spacial score (nSPS) is 11.9. The third kappa shape index (κ3) is 5.53. The Balaban J connectivity index is 1.73. The van der Waals surface area contributed by atoms with Crippen LogP contribution in [0.1, 0.15) is 17.2 Å². The number of nitrogens with two attached hydrogens (primary N) is 1. The monoisotopic (exact) mass is 331 g/mol. The summed E-state index contributed by atoms with van der Waals surface area (Å²) in [6.45, 7) is 1.23. The van der Waals surface area contributed by atoms with Gasteiger partial charge in [-0.05, 0) is 12.1 Å². The van der Waals surface area contributed by atoms with E-state index in [4.69, 9.17) is 15.6 Å². The number of aliphatic carboxylic acids is 1. The molecule has 0 amide bonds. The molecule has 0 spiro atoms. The summed E-state index contributed by atoms with van der Waals surface area (Å²) in [6.07, 6.45) is 0.782. The number of carbonyl (C=O) groups is 1. The van der Waals surface area contributed by atoms with Gasteiger partial charge in [0.15, 0.2) is 0 Å². The van der Waals surface area contributed by atoms with Gasteiger partial charge in [0.05, 0.1) is 12.5 Å². The minimum Gasteiger partial charge on any atom is -0.492 e. The van der Waals surface area contributed by atoms with Crippen LogP contribution in [0, 0.1) is 0 Å². The van der Waals surface area contributed by atoms with E-state index in [-0.39, 0.29) is 6.42 Å². The molecule has 0 saturated heterocycles. The molecule has 1 heterocycles. The largest absolute Gasteiger partial charge is 0.492 e. The van der Waals surface area contributed by atoms with E-state index in [1.807, 2.05) is 0 Å². The summed E-state index contributed by atoms with van der Waals surface area (Å²) in [7, 11) is 0. The molecule has 0 fully saturated rings. The lowest BCUT2D eigenvalue weighted by Gasteiger charge is -2.13. The molecule has 0 aliphatic carbocycles. The van der Waals surface area contributed by atoms with E-state index in [2.05, 4.69) is 10.3 Å². The Labute approximate surface area is 140 Å². The molecule has 1 aromatic heterocycles. The number of benzene rings is 1. The zero-order valence-electron chi connectivity index (χ0n) is 13.2. The van der Waals surface area contributed by atoms with Crippen LogP contribution in [0.15, 0.2) is 42.6 Å². The van der Waals surface area contributed by atoms with Crippen molar-refractivity contribution < 1.29 is 19.7 Å². The fourth-order valence-corrected chi connectivity index (χ4v) is 2.16. The number of ether oxygens (including phenoxy) is 1. The van der Waals surface area contributed by atoms with Gasteiger partial charge in [0.2, 0.25) is 0 Å². The molecule has 2 rings (SSSR count). The third-order valence-corrected chi connectivity index (χ3v) is 3.38. The maximum absolute atomic E-state index is 10.8. The first-order chi connectivity index (χ1) is 11.6. The van der Waals surface area contributed by atoms with Crippen LogP contribution < -0.4 is 15.8 Å². The van der Waals surface area contributed by atoms with Crippen molar-refractivity contribution in [2.75, 3.05) is 25.4 Å². The number of hydrogen-bond acceptors (Lipinski definition) is 6. The molecule has 7 heteroatoms. The zero-order chi connectivity index (χ0) is 17.4. The summed E-state index contributed by atoms with van der Waals surface area (Å²) in [5, 5.41) is 22.0. The van der Waals surface area contributed by atoms with Crippen LogP contribution in [0.25, 0.3) is 0 Å². The summed E-state index contributed by atoms with van der Waals surface area (Å²) >= 11 is 0. The van der Waals surface area contributed by atoms with Gasteiger partial charge in [0.1, 0.15) is 18.2 Å². The highest BCUT2D eigenvalue weighted by Crippen LogP contribution is 2.18. The topological polar surface area (TPSA) is 118 Å². The number of aromatic nitrogens is 1. The molecule has 5 N–H and O–H groups in total. The molecule has 128 valence electrons. The number of nitrogens with one attached hydrogen (secondary N) is 1. The summed E-state index contributed by atoms with van der Waals surface area (Å²) < 4.78 is 5.60. The first-order valence-electron chi connectivity index (χ1n) is 7.59. The smallest absolute Gasteiger partial charge is 0.307 e. The number of nitrogen functional groups attached to an aromatic ring is 1. The molecule has 7 nitrogen and oxygen atoms in total. The fraction of sp³-hybridized carbons (Fsp3) is 0.294. The summed E-state index contributed by atoms with van der Waals surface area (Å²) in [4.78, 5) is 14.8. The first kappa shape index (κ1) is 17.7. The van der Waals surface area contributed by atoms with Crippen LogP contribution in [0.3, 0.4) is 0 Å². The van der Waals surface area contributed by atoms with Crippen LogP contribution in [-0.2, 0) is 11.2 Å². The summed E-state index contributed by atoms with van der Waals surface area (Å²) in [6, 6.07) is 10.4. The van der Waals surface area contributed by atoms with E-state index in [0.29, 0.717) is 42.4 Å². The van der Waals surface area contributed by atoms with Gasteiger partial charge >= 0.3 is 5.97 Å². The predicted molar refractivity (Wildman–Crippen MR) is 89.8 cm³/mol. The number of rotatable bonds is 9. The number of carboxylic acid groups (broad SMARTS) is 1. The molecule has 2 aromatic rings. The lowest BCUT2D eigenvalue weighted by molar-refractivity contribution is -0.136. The van der Waals surface area contributed by atoms with Crippen molar-refractivity contribution in [2.24, 2.45) is 0 Å². The molecular weight excluding hydrogens is 310 g/mol. The summed E-state index contributed by atoms with van der Waals surface area (Å²) in [5.74, 6) is 0.0710. The molecule has 0 aliphatic heterocycles. The molecule has 1 atom stereocenters. The van der Waals surface area contributed by atoms with Crippen molar-refractivity contribution >= 4 is 11.8 Å². The molecule has 0 saturated carbocycles. The van der Waals surface area contributed by atoms with Crippen molar-refractivity contribution in [1.82, 2.24) is 10.3 Å². The molecule has 0 unspecified atom stereocenters. The Morgan fingerprint density at radius 1 is 1.29 bits per heavy atom. The number of nitrogens with zero attached hydrogens (tertiary/aromatic N) is 1. The Morgan fingerprint density at radius 2 is 2.08 bits per heavy atom. The lowest BCUT2D eigenvalue weighted by atomic mass is 10.1. The van der Waals surface area contributed by atoms with Gasteiger partial charge in [-0.25, -0.2) is 4.98 Å². The van der Waals surface area contributed by atoms with Crippen molar-refractivity contribution in [3.05, 3.63) is 53.7 Å². The van der Waals surface area contributed by atoms with E-state index < -0.39 is 12.1 Å². The molecule has 1 aromatic carbocycles. The van der Waals surface area contributed by atoms with Crippen LogP contribution in [0.2, 0.25) is 0 Å². The highest BCUT2D eigenvalue weighted by atomic mass is 16.5. The molecule has 24 heavy (non-hydrogen) atoms. The predicted octanol–water partition coefficient (Wildman–Crippen LogP) is 0.993. The maximum atomic E-state index is 10.8. The van der Waals surface area contributed by atoms with Crippen LogP contribution in [0.4, 0.5) is 5.82 Å². The van der Waals surface area contributed by atoms with Gasteiger partial charge in [-0.1, -0.05) is 24.3 Å². The molecule has 0 bridgehead atoms. The van der Waals surface area contributed by atoms with E-state index in [1.54, 1.807) is 42.6 Å². The van der Waals surface area contributed by atoms with Gasteiger partial charge in [-0.2, -0.15) is 0 Å². The second-order valence-corrected chi connectivity index (χ2v) is 5.26. The SMILES string of the molecule is Nc1ccc([C@H](O)CNCCOc2ccccc2CC(=O)O)cn1. The second kappa shape index (κ2) is 8.85. The average molecular weight is 331 g/mol. The summed E-state index contributed by atoms with van der Waals surface area (Å²) in [5.41, 5.74) is 6.82. The number of pyridine rings is 1. The Kier molecular flexibility index (Phi) is 6.53. The number of para-hydroxylation sites is 1. The van der Waals surface area contributed by atoms with Crippen molar-refractivity contribution in [3.63, 3.8) is 0 Å². The minimum absolute atomic E-state index is 0.0769. The van der Waals surface area contributed by atoms with Gasteiger partial charge < -0.3 is 26.0 Å². The van der Waals surface area contributed by atoms with Crippen molar-refractivity contribution in [2.45, 2.75) is 12.5 Å². The number of aliphatic hydroxyl groups is 1. The van der Waals surface area contributed by atoms with Gasteiger partial charge in [-0.3, -0.25) is 4.79 Å². The highest BCUT2D eigenvalue weighted by molar-refractivity contribution is 5.71. The fourth-order valence-electron chi connectivity index (χ4n) is 2.16. The van der Waals surface area contributed by atoms with Crippen molar-refractivity contribution in [1.29, 1.82) is 0 Å². The first-order valence-corrected chi connectivity index (χ1v) is 7.59. The number of hydrogen-bond donors (Lipinski definition) is 4. The van der Waals surface area contributed by atoms with Gasteiger partial charge in [0, 0.05) is 30.4 Å². The third-order valence-electron chi connectivity index (χ3n) is 3.38. The maximum Gasteiger partial charge on any atom is 0.307 e. The van der Waals surface area contributed by atoms with Crippen LogP contribution in [0.5, 0.6) is 5.75 Å². The molecule has 0 aliphatic rings. The molecule has 0 radical (unpaired) electrons. The van der Waals surface area contributed by atoms with E-state index >= 15 is 0 Å². The quantitative estimate of drug-likeness (QED) is 0.506. The molecular formula is C17H21N3O4. The van der Waals surface area contributed by atoms with Crippen molar-refractivity contribution in [3.8, 4) is 5.75 Å². The zero-order valence-corrected chi connectivity index (χ0v) is 13.2. The number of carboxylic acids is 1.